The Bertz CT molecular complexity index is 1350. The van der Waals surface area contributed by atoms with E-state index in [9.17, 15) is 0 Å². The van der Waals surface area contributed by atoms with Crippen LogP contribution in [0.25, 0.3) is 25.4 Å². The van der Waals surface area contributed by atoms with Gasteiger partial charge in [0.15, 0.2) is 0 Å². The minimum atomic E-state index is 0.836. The van der Waals surface area contributed by atoms with Crippen molar-refractivity contribution >= 4 is 59.8 Å². The number of thiazole rings is 1. The van der Waals surface area contributed by atoms with Crippen LogP contribution >= 0.6 is 34.4 Å². The lowest BCUT2D eigenvalue weighted by Gasteiger charge is -2.11. The average molecular weight is 424 g/mol. The van der Waals surface area contributed by atoms with Crippen molar-refractivity contribution in [2.75, 3.05) is 0 Å². The normalized spacial score (nSPS) is 14.3. The number of thiophene rings is 1. The molecule has 1 aliphatic carbocycles. The third-order valence-corrected chi connectivity index (χ3v) is 8.38. The van der Waals surface area contributed by atoms with Gasteiger partial charge in [0.25, 0.3) is 0 Å². The third kappa shape index (κ3) is 2.51. The molecule has 4 aromatic heterocycles. The quantitative estimate of drug-likeness (QED) is 0.357. The summed E-state index contributed by atoms with van der Waals surface area (Å²) in [6.07, 6.45) is 5.67. The zero-order chi connectivity index (χ0) is 18.7. The molecule has 6 rings (SSSR count). The first kappa shape index (κ1) is 16.9. The Morgan fingerprint density at radius 2 is 1.96 bits per heavy atom. The second-order valence-electron chi connectivity index (χ2n) is 6.96. The van der Waals surface area contributed by atoms with Crippen LogP contribution in [0, 0.1) is 0 Å². The van der Waals surface area contributed by atoms with Crippen LogP contribution in [-0.4, -0.2) is 24.6 Å². The molecular weight excluding hydrogens is 406 g/mol. The number of hydrogen-bond acceptors (Lipinski definition) is 7. The summed E-state index contributed by atoms with van der Waals surface area (Å²) in [6, 6.07) is 8.40. The van der Waals surface area contributed by atoms with Gasteiger partial charge in [-0.1, -0.05) is 30.4 Å². The van der Waals surface area contributed by atoms with Gasteiger partial charge in [0.2, 0.25) is 10.1 Å². The summed E-state index contributed by atoms with van der Waals surface area (Å²) < 4.78 is 3.38. The molecule has 0 atom stereocenters. The molecule has 0 N–H and O–H groups in total. The van der Waals surface area contributed by atoms with Gasteiger partial charge >= 0.3 is 0 Å². The molecule has 0 saturated heterocycles. The smallest absolute Gasteiger partial charge is 0.217 e. The van der Waals surface area contributed by atoms with Gasteiger partial charge in [0, 0.05) is 16.7 Å². The maximum Gasteiger partial charge on any atom is 0.217 e. The Kier molecular flexibility index (Phi) is 3.92. The molecule has 0 radical (unpaired) electrons. The van der Waals surface area contributed by atoms with Crippen molar-refractivity contribution in [2.24, 2.45) is 0 Å². The van der Waals surface area contributed by atoms with E-state index in [1.807, 2.05) is 11.3 Å². The Morgan fingerprint density at radius 1 is 1.07 bits per heavy atom. The van der Waals surface area contributed by atoms with Crippen LogP contribution in [0.5, 0.6) is 0 Å². The van der Waals surface area contributed by atoms with Crippen LogP contribution in [-0.2, 0) is 19.3 Å². The largest absolute Gasteiger partial charge is 0.260 e. The molecule has 0 saturated carbocycles. The highest BCUT2D eigenvalue weighted by atomic mass is 32.2. The summed E-state index contributed by atoms with van der Waals surface area (Å²) in [5.41, 5.74) is 2.62. The molecular formula is C20H17N5S3. The van der Waals surface area contributed by atoms with Crippen molar-refractivity contribution in [1.29, 1.82) is 0 Å². The van der Waals surface area contributed by atoms with Crippen LogP contribution in [0.4, 0.5) is 0 Å². The Morgan fingerprint density at radius 3 is 2.89 bits per heavy atom. The van der Waals surface area contributed by atoms with E-state index in [2.05, 4.69) is 45.8 Å². The Balaban J connectivity index is 1.57. The lowest BCUT2D eigenvalue weighted by molar-refractivity contribution is 0.699. The third-order valence-electron chi connectivity index (χ3n) is 5.24. The van der Waals surface area contributed by atoms with Crippen LogP contribution in [0.15, 0.2) is 34.4 Å². The number of benzene rings is 1. The molecule has 28 heavy (non-hydrogen) atoms. The molecule has 4 heterocycles. The highest BCUT2D eigenvalue weighted by Gasteiger charge is 2.23. The van der Waals surface area contributed by atoms with Gasteiger partial charge in [-0.25, -0.2) is 9.97 Å². The molecule has 0 bridgehead atoms. The van der Waals surface area contributed by atoms with Crippen LogP contribution < -0.4 is 0 Å². The second-order valence-corrected chi connectivity index (χ2v) is 10.0. The van der Waals surface area contributed by atoms with E-state index in [1.165, 1.54) is 39.8 Å². The maximum atomic E-state index is 4.93. The van der Waals surface area contributed by atoms with Crippen LogP contribution in [0.3, 0.4) is 0 Å². The minimum absolute atomic E-state index is 0.836. The van der Waals surface area contributed by atoms with Gasteiger partial charge in [-0.3, -0.25) is 4.40 Å². The van der Waals surface area contributed by atoms with E-state index in [0.29, 0.717) is 0 Å². The molecule has 5 nitrogen and oxygen atoms in total. The fourth-order valence-electron chi connectivity index (χ4n) is 3.91. The zero-order valence-electron chi connectivity index (χ0n) is 15.3. The first-order valence-electron chi connectivity index (χ1n) is 9.53. The maximum absolute atomic E-state index is 4.93. The predicted octanol–water partition coefficient (Wildman–Crippen LogP) is 5.54. The van der Waals surface area contributed by atoms with E-state index in [-0.39, 0.29) is 0 Å². The van der Waals surface area contributed by atoms with Crippen molar-refractivity contribution in [3.05, 3.63) is 40.5 Å². The first-order valence-corrected chi connectivity index (χ1v) is 12.0. The molecule has 0 amide bonds. The zero-order valence-corrected chi connectivity index (χ0v) is 17.8. The summed E-state index contributed by atoms with van der Waals surface area (Å²) in [7, 11) is 0. The fourth-order valence-corrected chi connectivity index (χ4v) is 7.28. The molecule has 0 unspecified atom stereocenters. The van der Waals surface area contributed by atoms with Gasteiger partial charge < -0.3 is 0 Å². The van der Waals surface area contributed by atoms with Crippen LogP contribution in [0.2, 0.25) is 0 Å². The molecule has 1 aliphatic rings. The molecule has 0 spiro atoms. The molecule has 140 valence electrons. The highest BCUT2D eigenvalue weighted by Crippen LogP contribution is 2.42. The van der Waals surface area contributed by atoms with E-state index in [4.69, 9.17) is 9.97 Å². The number of nitrogens with zero attached hydrogens (tertiary/aromatic N) is 5. The number of aryl methyl sites for hydroxylation is 3. The van der Waals surface area contributed by atoms with E-state index in [1.54, 1.807) is 23.1 Å². The summed E-state index contributed by atoms with van der Waals surface area (Å²) in [6.45, 7) is 2.12. The van der Waals surface area contributed by atoms with Gasteiger partial charge in [-0.2, -0.15) is 0 Å². The fraction of sp³-hybridized carbons (Fsp3) is 0.300. The number of rotatable bonds is 3. The lowest BCUT2D eigenvalue weighted by atomic mass is 9.97. The van der Waals surface area contributed by atoms with E-state index in [0.717, 1.165) is 44.2 Å². The van der Waals surface area contributed by atoms with Gasteiger partial charge in [0.05, 0.1) is 10.2 Å². The van der Waals surface area contributed by atoms with Crippen molar-refractivity contribution in [2.45, 2.75) is 49.2 Å². The molecule has 5 aromatic rings. The molecule has 0 fully saturated rings. The number of aromatic nitrogens is 5. The number of fused-ring (bicyclic) bond motifs is 6. The standard InChI is InChI=1S/C20H17N5S3/c1-2-15-21-17-16(11-7-3-5-9-13(11)26-17)18(22-15)28-20-24-23-19-25(20)12-8-4-6-10-14(12)27-19/h4,6,8,10H,2-3,5,7,9H2,1H3. The average Bonchev–Trinajstić information content (AvgIpc) is 3.39. The van der Waals surface area contributed by atoms with Crippen molar-refractivity contribution in [1.82, 2.24) is 24.6 Å². The summed E-state index contributed by atoms with van der Waals surface area (Å²) >= 11 is 5.16. The van der Waals surface area contributed by atoms with Gasteiger partial charge in [0.1, 0.15) is 15.7 Å². The number of para-hydroxylation sites is 1. The Hall–Kier alpha value is -2.03. The summed E-state index contributed by atoms with van der Waals surface area (Å²) in [5, 5.41) is 12.1. The van der Waals surface area contributed by atoms with Crippen molar-refractivity contribution < 1.29 is 0 Å². The van der Waals surface area contributed by atoms with E-state index >= 15 is 0 Å². The molecule has 0 aliphatic heterocycles. The van der Waals surface area contributed by atoms with Crippen molar-refractivity contribution in [3.63, 3.8) is 0 Å². The second kappa shape index (κ2) is 6.50. The minimum Gasteiger partial charge on any atom is -0.260 e. The van der Waals surface area contributed by atoms with Crippen LogP contribution in [0.1, 0.15) is 36.0 Å². The van der Waals surface area contributed by atoms with E-state index < -0.39 is 0 Å². The lowest BCUT2D eigenvalue weighted by Crippen LogP contribution is -2.00. The summed E-state index contributed by atoms with van der Waals surface area (Å²) in [5.74, 6) is 0.907. The highest BCUT2D eigenvalue weighted by molar-refractivity contribution is 7.99. The summed E-state index contributed by atoms with van der Waals surface area (Å²) in [4.78, 5) is 13.3. The topological polar surface area (TPSA) is 56.0 Å². The molecule has 8 heteroatoms. The number of hydrogen-bond donors (Lipinski definition) is 0. The first-order chi connectivity index (χ1) is 13.8. The van der Waals surface area contributed by atoms with Gasteiger partial charge in [-0.15, -0.1) is 21.5 Å². The van der Waals surface area contributed by atoms with Crippen molar-refractivity contribution in [3.8, 4) is 0 Å². The SMILES string of the molecule is CCc1nc(Sc2nnc3sc4ccccc4n23)c2c3c(sc2n1)CCCC3. The predicted molar refractivity (Wildman–Crippen MR) is 116 cm³/mol. The van der Waals surface area contributed by atoms with Gasteiger partial charge in [-0.05, 0) is 55.1 Å². The monoisotopic (exact) mass is 423 g/mol. The Labute approximate surface area is 173 Å². The molecule has 1 aromatic carbocycles.